The lowest BCUT2D eigenvalue weighted by molar-refractivity contribution is 0.313. The van der Waals surface area contributed by atoms with Gasteiger partial charge >= 0.3 is 0 Å². The summed E-state index contributed by atoms with van der Waals surface area (Å²) in [6.45, 7) is 7.35. The molecular weight excluding hydrogens is 238 g/mol. The summed E-state index contributed by atoms with van der Waals surface area (Å²) in [7, 11) is 0. The van der Waals surface area contributed by atoms with E-state index in [4.69, 9.17) is 4.74 Å². The van der Waals surface area contributed by atoms with Crippen LogP contribution in [0.15, 0.2) is 36.4 Å². The first-order chi connectivity index (χ1) is 9.29. The second-order valence-corrected chi connectivity index (χ2v) is 4.43. The van der Waals surface area contributed by atoms with Crippen molar-refractivity contribution in [1.82, 2.24) is 15.1 Å². The Morgan fingerprint density at radius 2 is 2.05 bits per heavy atom. The van der Waals surface area contributed by atoms with Gasteiger partial charge in [0.05, 0.1) is 11.4 Å². The molecule has 0 fully saturated rings. The highest BCUT2D eigenvalue weighted by Crippen LogP contribution is 2.07. The zero-order valence-corrected chi connectivity index (χ0v) is 11.6. The number of aromatic nitrogens is 2. The number of hydrogen-bond donors (Lipinski definition) is 1. The van der Waals surface area contributed by atoms with Gasteiger partial charge in [-0.1, -0.05) is 18.2 Å². The summed E-state index contributed by atoms with van der Waals surface area (Å²) in [5.41, 5.74) is 2.29. The van der Waals surface area contributed by atoms with E-state index in [9.17, 15) is 0 Å². The summed E-state index contributed by atoms with van der Waals surface area (Å²) in [4.78, 5) is 0. The number of rotatable bonds is 7. The van der Waals surface area contributed by atoms with E-state index in [-0.39, 0.29) is 0 Å². The fraction of sp³-hybridized carbons (Fsp3) is 0.400. The van der Waals surface area contributed by atoms with E-state index in [1.807, 2.05) is 41.9 Å². The second kappa shape index (κ2) is 6.95. The molecule has 0 saturated heterocycles. The van der Waals surface area contributed by atoms with Crippen LogP contribution in [0.5, 0.6) is 5.75 Å². The van der Waals surface area contributed by atoms with Gasteiger partial charge in [0.25, 0.3) is 0 Å². The number of para-hydroxylation sites is 1. The van der Waals surface area contributed by atoms with E-state index >= 15 is 0 Å². The van der Waals surface area contributed by atoms with Gasteiger partial charge in [-0.3, -0.25) is 4.68 Å². The third-order valence-corrected chi connectivity index (χ3v) is 2.88. The van der Waals surface area contributed by atoms with Crippen molar-refractivity contribution >= 4 is 0 Å². The molecule has 0 spiro atoms. The second-order valence-electron chi connectivity index (χ2n) is 4.43. The molecule has 0 saturated carbocycles. The number of nitrogens with one attached hydrogen (secondary N) is 1. The standard InChI is InChI=1S/C15H21N3O/c1-3-18-14(11-13(2)17-18)12-16-9-10-19-15-7-5-4-6-8-15/h4-8,11,16H,3,9-10,12H2,1-2H3. The normalized spacial score (nSPS) is 10.6. The zero-order chi connectivity index (χ0) is 13.5. The topological polar surface area (TPSA) is 39.1 Å². The molecular formula is C15H21N3O. The first-order valence-electron chi connectivity index (χ1n) is 6.71. The van der Waals surface area contributed by atoms with Gasteiger partial charge in [0.2, 0.25) is 0 Å². The summed E-state index contributed by atoms with van der Waals surface area (Å²) >= 11 is 0. The van der Waals surface area contributed by atoms with Gasteiger partial charge in [0, 0.05) is 19.6 Å². The van der Waals surface area contributed by atoms with E-state index in [1.165, 1.54) is 5.69 Å². The molecule has 1 heterocycles. The van der Waals surface area contributed by atoms with Crippen molar-refractivity contribution in [3.8, 4) is 5.75 Å². The number of hydrogen-bond acceptors (Lipinski definition) is 3. The molecule has 0 aliphatic heterocycles. The Balaban J connectivity index is 1.69. The fourth-order valence-corrected chi connectivity index (χ4v) is 1.99. The van der Waals surface area contributed by atoms with Crippen LogP contribution in [0.25, 0.3) is 0 Å². The van der Waals surface area contributed by atoms with Crippen LogP contribution in [-0.4, -0.2) is 22.9 Å². The Hall–Kier alpha value is -1.81. The predicted octanol–water partition coefficient (Wildman–Crippen LogP) is 2.38. The Morgan fingerprint density at radius 3 is 2.79 bits per heavy atom. The summed E-state index contributed by atoms with van der Waals surface area (Å²) in [6, 6.07) is 12.0. The van der Waals surface area contributed by atoms with Crippen LogP contribution in [0.1, 0.15) is 18.3 Å². The lowest BCUT2D eigenvalue weighted by atomic mass is 10.3. The van der Waals surface area contributed by atoms with Crippen molar-refractivity contribution in [3.63, 3.8) is 0 Å². The zero-order valence-electron chi connectivity index (χ0n) is 11.6. The largest absolute Gasteiger partial charge is 0.492 e. The lowest BCUT2D eigenvalue weighted by Crippen LogP contribution is -2.22. The monoisotopic (exact) mass is 259 g/mol. The molecule has 1 aromatic carbocycles. The van der Waals surface area contributed by atoms with Gasteiger partial charge in [-0.2, -0.15) is 5.10 Å². The Labute approximate surface area is 114 Å². The summed E-state index contributed by atoms with van der Waals surface area (Å²) in [5, 5.41) is 7.80. The molecule has 0 aliphatic carbocycles. The van der Waals surface area contributed by atoms with Gasteiger partial charge < -0.3 is 10.1 Å². The molecule has 2 aromatic rings. The smallest absolute Gasteiger partial charge is 0.119 e. The molecule has 4 nitrogen and oxygen atoms in total. The minimum Gasteiger partial charge on any atom is -0.492 e. The molecule has 0 bridgehead atoms. The summed E-state index contributed by atoms with van der Waals surface area (Å²) < 4.78 is 7.65. The van der Waals surface area contributed by atoms with Gasteiger partial charge in [-0.15, -0.1) is 0 Å². The van der Waals surface area contributed by atoms with Crippen molar-refractivity contribution in [1.29, 1.82) is 0 Å². The Kier molecular flexibility index (Phi) is 4.98. The first-order valence-corrected chi connectivity index (χ1v) is 6.71. The highest BCUT2D eigenvalue weighted by molar-refractivity contribution is 5.20. The van der Waals surface area contributed by atoms with Crippen LogP contribution in [0.2, 0.25) is 0 Å². The molecule has 0 atom stereocenters. The van der Waals surface area contributed by atoms with Crippen molar-refractivity contribution in [2.24, 2.45) is 0 Å². The summed E-state index contributed by atoms with van der Waals surface area (Å²) in [5.74, 6) is 0.916. The molecule has 19 heavy (non-hydrogen) atoms. The minimum absolute atomic E-state index is 0.670. The van der Waals surface area contributed by atoms with Gasteiger partial charge in [-0.25, -0.2) is 0 Å². The van der Waals surface area contributed by atoms with Crippen LogP contribution in [0.4, 0.5) is 0 Å². The summed E-state index contributed by atoms with van der Waals surface area (Å²) in [6.07, 6.45) is 0. The molecule has 1 aromatic heterocycles. The molecule has 4 heteroatoms. The lowest BCUT2D eigenvalue weighted by Gasteiger charge is -2.08. The van der Waals surface area contributed by atoms with Crippen molar-refractivity contribution in [2.75, 3.05) is 13.2 Å². The van der Waals surface area contributed by atoms with Crippen LogP contribution >= 0.6 is 0 Å². The predicted molar refractivity (Wildman–Crippen MR) is 76.3 cm³/mol. The number of ether oxygens (including phenoxy) is 1. The van der Waals surface area contributed by atoms with E-state index < -0.39 is 0 Å². The van der Waals surface area contributed by atoms with Gasteiger partial charge in [-0.05, 0) is 32.0 Å². The first kappa shape index (κ1) is 13.6. The molecule has 0 amide bonds. The highest BCUT2D eigenvalue weighted by Gasteiger charge is 2.02. The quantitative estimate of drug-likeness (QED) is 0.776. The molecule has 0 radical (unpaired) electrons. The van der Waals surface area contributed by atoms with Gasteiger partial charge in [0.1, 0.15) is 12.4 Å². The van der Waals surface area contributed by atoms with Gasteiger partial charge in [0.15, 0.2) is 0 Å². The molecule has 102 valence electrons. The number of nitrogens with zero attached hydrogens (tertiary/aromatic N) is 2. The Bertz CT molecular complexity index is 493. The van der Waals surface area contributed by atoms with Crippen molar-refractivity contribution in [3.05, 3.63) is 47.8 Å². The SMILES string of the molecule is CCn1nc(C)cc1CNCCOc1ccccc1. The van der Waals surface area contributed by atoms with Crippen LogP contribution in [0.3, 0.4) is 0 Å². The Morgan fingerprint density at radius 1 is 1.26 bits per heavy atom. The number of aryl methyl sites for hydroxylation is 2. The maximum Gasteiger partial charge on any atom is 0.119 e. The average Bonchev–Trinajstić information content (AvgIpc) is 2.80. The third-order valence-electron chi connectivity index (χ3n) is 2.88. The highest BCUT2D eigenvalue weighted by atomic mass is 16.5. The van der Waals surface area contributed by atoms with Crippen LogP contribution in [0, 0.1) is 6.92 Å². The maximum atomic E-state index is 5.62. The molecule has 2 rings (SSSR count). The van der Waals surface area contributed by atoms with E-state index in [2.05, 4.69) is 23.4 Å². The van der Waals surface area contributed by atoms with Crippen molar-refractivity contribution in [2.45, 2.75) is 26.9 Å². The maximum absolute atomic E-state index is 5.62. The van der Waals surface area contributed by atoms with E-state index in [0.29, 0.717) is 6.61 Å². The van der Waals surface area contributed by atoms with E-state index in [0.717, 1.165) is 31.1 Å². The van der Waals surface area contributed by atoms with Crippen LogP contribution < -0.4 is 10.1 Å². The van der Waals surface area contributed by atoms with E-state index in [1.54, 1.807) is 0 Å². The number of benzene rings is 1. The minimum atomic E-state index is 0.670. The fourth-order valence-electron chi connectivity index (χ4n) is 1.99. The average molecular weight is 259 g/mol. The van der Waals surface area contributed by atoms with Crippen LogP contribution in [-0.2, 0) is 13.1 Å². The third kappa shape index (κ3) is 4.10. The molecule has 0 aliphatic rings. The van der Waals surface area contributed by atoms with Crippen molar-refractivity contribution < 1.29 is 4.74 Å². The molecule has 1 N–H and O–H groups in total. The molecule has 0 unspecified atom stereocenters.